The van der Waals surface area contributed by atoms with Crippen molar-refractivity contribution < 1.29 is 9.90 Å². The van der Waals surface area contributed by atoms with Crippen LogP contribution in [0.5, 0.6) is 0 Å². The van der Waals surface area contributed by atoms with E-state index in [4.69, 9.17) is 28.9 Å². The first kappa shape index (κ1) is 13.1. The minimum atomic E-state index is -1.07. The van der Waals surface area contributed by atoms with E-state index in [0.717, 1.165) is 0 Å². The summed E-state index contributed by atoms with van der Waals surface area (Å²) in [5, 5.41) is 9.92. The molecule has 0 radical (unpaired) electrons. The molecule has 0 heterocycles. The van der Waals surface area contributed by atoms with E-state index in [1.54, 1.807) is 19.9 Å². The maximum Gasteiger partial charge on any atom is 0.313 e. The van der Waals surface area contributed by atoms with Gasteiger partial charge in [0.2, 0.25) is 0 Å². The molecule has 0 amide bonds. The van der Waals surface area contributed by atoms with Gasteiger partial charge in [0.05, 0.1) is 16.1 Å². The molecule has 0 fully saturated rings. The zero-order valence-electron chi connectivity index (χ0n) is 9.05. The molecule has 1 aromatic rings. The van der Waals surface area contributed by atoms with Gasteiger partial charge in [-0.05, 0) is 31.0 Å². The van der Waals surface area contributed by atoms with Crippen LogP contribution in [-0.2, 0) is 10.2 Å². The van der Waals surface area contributed by atoms with Crippen molar-refractivity contribution in [2.45, 2.75) is 25.7 Å². The van der Waals surface area contributed by atoms with Crippen LogP contribution >= 0.6 is 23.2 Å². The molecule has 0 bridgehead atoms. The summed E-state index contributed by atoms with van der Waals surface area (Å²) in [5.41, 5.74) is 5.46. The van der Waals surface area contributed by atoms with Crippen LogP contribution in [0.2, 0.25) is 10.0 Å². The molecule has 0 aliphatic rings. The van der Waals surface area contributed by atoms with Crippen LogP contribution in [0, 0.1) is 0 Å². The third-order valence-electron chi connectivity index (χ3n) is 2.87. The summed E-state index contributed by atoms with van der Waals surface area (Å²) in [6, 6.07) is 3.06. The summed E-state index contributed by atoms with van der Waals surface area (Å²) >= 11 is 11.7. The number of carboxylic acid groups (broad SMARTS) is 1. The standard InChI is InChI=1S/C11H13Cl2NO2/c1-3-11(2,10(15)16)7-4-6(12)5-8(13)9(7)14/h4-5H,3,14H2,1-2H3,(H,15,16). The van der Waals surface area contributed by atoms with Crippen LogP contribution < -0.4 is 5.73 Å². The van der Waals surface area contributed by atoms with Crippen molar-refractivity contribution in [2.24, 2.45) is 0 Å². The molecule has 5 heteroatoms. The van der Waals surface area contributed by atoms with Gasteiger partial charge < -0.3 is 10.8 Å². The number of rotatable bonds is 3. The Labute approximate surface area is 104 Å². The fourth-order valence-corrected chi connectivity index (χ4v) is 1.99. The molecule has 88 valence electrons. The molecule has 1 unspecified atom stereocenters. The molecule has 1 aromatic carbocycles. The Bertz CT molecular complexity index is 434. The number of hydrogen-bond donors (Lipinski definition) is 2. The van der Waals surface area contributed by atoms with Gasteiger partial charge in [-0.2, -0.15) is 0 Å². The quantitative estimate of drug-likeness (QED) is 0.821. The number of aliphatic carboxylic acids is 1. The maximum absolute atomic E-state index is 11.3. The van der Waals surface area contributed by atoms with Crippen LogP contribution in [0.25, 0.3) is 0 Å². The van der Waals surface area contributed by atoms with Crippen LogP contribution in [-0.4, -0.2) is 11.1 Å². The van der Waals surface area contributed by atoms with Gasteiger partial charge in [0, 0.05) is 5.02 Å². The Hall–Kier alpha value is -0.930. The van der Waals surface area contributed by atoms with E-state index < -0.39 is 11.4 Å². The van der Waals surface area contributed by atoms with Crippen LogP contribution in [0.15, 0.2) is 12.1 Å². The van der Waals surface area contributed by atoms with Gasteiger partial charge in [-0.25, -0.2) is 0 Å². The van der Waals surface area contributed by atoms with Crippen molar-refractivity contribution >= 4 is 34.9 Å². The third-order valence-corrected chi connectivity index (χ3v) is 3.40. The zero-order valence-corrected chi connectivity index (χ0v) is 10.6. The monoisotopic (exact) mass is 261 g/mol. The van der Waals surface area contributed by atoms with Crippen molar-refractivity contribution in [3.8, 4) is 0 Å². The molecule has 0 aliphatic heterocycles. The summed E-state index contributed by atoms with van der Waals surface area (Å²) < 4.78 is 0. The van der Waals surface area contributed by atoms with Crippen molar-refractivity contribution in [1.82, 2.24) is 0 Å². The minimum Gasteiger partial charge on any atom is -0.481 e. The lowest BCUT2D eigenvalue weighted by atomic mass is 9.79. The molecule has 0 saturated carbocycles. The van der Waals surface area contributed by atoms with E-state index in [1.807, 2.05) is 0 Å². The molecule has 16 heavy (non-hydrogen) atoms. The van der Waals surface area contributed by atoms with Gasteiger partial charge in [-0.15, -0.1) is 0 Å². The number of nitrogens with two attached hydrogens (primary N) is 1. The average molecular weight is 262 g/mol. The van der Waals surface area contributed by atoms with Crippen molar-refractivity contribution in [3.63, 3.8) is 0 Å². The Morgan fingerprint density at radius 2 is 2.06 bits per heavy atom. The third kappa shape index (κ3) is 2.11. The molecule has 0 spiro atoms. The van der Waals surface area contributed by atoms with Gasteiger partial charge in [0.1, 0.15) is 0 Å². The van der Waals surface area contributed by atoms with Crippen molar-refractivity contribution in [3.05, 3.63) is 27.7 Å². The Kier molecular flexibility index (Phi) is 3.71. The smallest absolute Gasteiger partial charge is 0.313 e. The average Bonchev–Trinajstić information content (AvgIpc) is 2.21. The SMILES string of the molecule is CCC(C)(C(=O)O)c1cc(Cl)cc(Cl)c1N. The van der Waals surface area contributed by atoms with Crippen molar-refractivity contribution in [2.75, 3.05) is 5.73 Å². The molecular weight excluding hydrogens is 249 g/mol. The lowest BCUT2D eigenvalue weighted by Crippen LogP contribution is -2.32. The van der Waals surface area contributed by atoms with Gasteiger partial charge in [-0.1, -0.05) is 30.1 Å². The lowest BCUT2D eigenvalue weighted by Gasteiger charge is -2.25. The first-order chi connectivity index (χ1) is 7.32. The highest BCUT2D eigenvalue weighted by atomic mass is 35.5. The van der Waals surface area contributed by atoms with Crippen LogP contribution in [0.3, 0.4) is 0 Å². The van der Waals surface area contributed by atoms with E-state index in [1.165, 1.54) is 6.07 Å². The van der Waals surface area contributed by atoms with Gasteiger partial charge >= 0.3 is 5.97 Å². The molecule has 0 aromatic heterocycles. The van der Waals surface area contributed by atoms with Crippen molar-refractivity contribution in [1.29, 1.82) is 0 Å². The summed E-state index contributed by atoms with van der Waals surface area (Å²) in [5.74, 6) is -0.944. The lowest BCUT2D eigenvalue weighted by molar-refractivity contribution is -0.143. The predicted octanol–water partition coefficient (Wildman–Crippen LogP) is 3.33. The topological polar surface area (TPSA) is 63.3 Å². The molecule has 1 rings (SSSR count). The second-order valence-corrected chi connectivity index (χ2v) is 4.68. The fraction of sp³-hybridized carbons (Fsp3) is 0.364. The normalized spacial score (nSPS) is 14.5. The molecular formula is C11H13Cl2NO2. The van der Waals surface area contributed by atoms with E-state index in [-0.39, 0.29) is 10.7 Å². The second-order valence-electron chi connectivity index (χ2n) is 3.84. The number of carboxylic acids is 1. The number of carbonyl (C=O) groups is 1. The number of hydrogen-bond acceptors (Lipinski definition) is 2. The highest BCUT2D eigenvalue weighted by Crippen LogP contribution is 2.37. The van der Waals surface area contributed by atoms with E-state index in [0.29, 0.717) is 17.0 Å². The van der Waals surface area contributed by atoms with Crippen LogP contribution in [0.4, 0.5) is 5.69 Å². The molecule has 1 atom stereocenters. The predicted molar refractivity (Wildman–Crippen MR) is 66.2 cm³/mol. The van der Waals surface area contributed by atoms with E-state index >= 15 is 0 Å². The Morgan fingerprint density at radius 1 is 1.50 bits per heavy atom. The van der Waals surface area contributed by atoms with Gasteiger partial charge in [-0.3, -0.25) is 4.79 Å². The molecule has 0 saturated heterocycles. The minimum absolute atomic E-state index is 0.276. The second kappa shape index (κ2) is 4.52. The Morgan fingerprint density at radius 3 is 2.50 bits per heavy atom. The Balaban J connectivity index is 3.47. The summed E-state index contributed by atoms with van der Waals surface area (Å²) in [6.07, 6.45) is 0.406. The van der Waals surface area contributed by atoms with Gasteiger partial charge in [0.15, 0.2) is 0 Å². The zero-order chi connectivity index (χ0) is 12.5. The first-order valence-electron chi connectivity index (χ1n) is 4.81. The van der Waals surface area contributed by atoms with E-state index in [2.05, 4.69) is 0 Å². The fourth-order valence-electron chi connectivity index (χ4n) is 1.50. The molecule has 3 N–H and O–H groups in total. The highest BCUT2D eigenvalue weighted by molar-refractivity contribution is 6.36. The number of nitrogen functional groups attached to an aromatic ring is 1. The van der Waals surface area contributed by atoms with Gasteiger partial charge in [0.25, 0.3) is 0 Å². The van der Waals surface area contributed by atoms with Crippen LogP contribution in [0.1, 0.15) is 25.8 Å². The van der Waals surface area contributed by atoms with E-state index in [9.17, 15) is 9.90 Å². The maximum atomic E-state index is 11.3. The highest BCUT2D eigenvalue weighted by Gasteiger charge is 2.35. The molecule has 3 nitrogen and oxygen atoms in total. The summed E-state index contributed by atoms with van der Waals surface area (Å²) in [4.78, 5) is 11.3. The summed E-state index contributed by atoms with van der Waals surface area (Å²) in [6.45, 7) is 3.38. The molecule has 0 aliphatic carbocycles. The number of anilines is 1. The summed E-state index contributed by atoms with van der Waals surface area (Å²) in [7, 11) is 0. The first-order valence-corrected chi connectivity index (χ1v) is 5.57. The number of benzene rings is 1. The largest absolute Gasteiger partial charge is 0.481 e. The number of halogens is 2.